The Morgan fingerprint density at radius 1 is 0.860 bits per heavy atom. The molecule has 0 spiro atoms. The third kappa shape index (κ3) is 21.1. The summed E-state index contributed by atoms with van der Waals surface area (Å²) in [5, 5.41) is 0.641. The Morgan fingerprint density at radius 2 is 1.38 bits per heavy atom. The van der Waals surface area contributed by atoms with Gasteiger partial charge in [-0.25, -0.2) is 13.2 Å². The quantitative estimate of drug-likeness (QED) is 0.0355. The molecule has 1 aliphatic rings. The molecule has 0 aliphatic carbocycles. The third-order valence-corrected chi connectivity index (χ3v) is 9.41. The van der Waals surface area contributed by atoms with Crippen LogP contribution in [0.1, 0.15) is 128 Å². The molecular formula is C42H64N2O5S. The topological polar surface area (TPSA) is 89.8 Å². The van der Waals surface area contributed by atoms with Gasteiger partial charge in [-0.2, -0.15) is 0 Å². The zero-order chi connectivity index (χ0) is 36.5. The number of nitrogens with zero attached hydrogens (tertiary/aromatic N) is 2. The first-order chi connectivity index (χ1) is 24.0. The van der Waals surface area contributed by atoms with Crippen molar-refractivity contribution >= 4 is 28.0 Å². The molecule has 0 unspecified atom stereocenters. The summed E-state index contributed by atoms with van der Waals surface area (Å²) in [7, 11) is -4.25. The first-order valence-electron chi connectivity index (χ1n) is 19.0. The fourth-order valence-corrected chi connectivity index (χ4v) is 6.43. The fourth-order valence-electron chi connectivity index (χ4n) is 6.11. The molecule has 0 saturated heterocycles. The second kappa shape index (κ2) is 25.7. The van der Waals surface area contributed by atoms with Crippen molar-refractivity contribution in [2.24, 2.45) is 5.92 Å². The monoisotopic (exact) mass is 708 g/mol. The number of esters is 1. The van der Waals surface area contributed by atoms with Crippen molar-refractivity contribution < 1.29 is 27.1 Å². The van der Waals surface area contributed by atoms with Crippen LogP contribution in [0.5, 0.6) is 0 Å². The van der Waals surface area contributed by atoms with Gasteiger partial charge in [0.25, 0.3) is 0 Å². The lowest BCUT2D eigenvalue weighted by atomic mass is 10.0. The van der Waals surface area contributed by atoms with Gasteiger partial charge in [-0.05, 0) is 36.5 Å². The average molecular weight is 709 g/mol. The molecular weight excluding hydrogens is 645 g/mol. The summed E-state index contributed by atoms with van der Waals surface area (Å²) in [5.41, 5.74) is 2.51. The molecule has 50 heavy (non-hydrogen) atoms. The summed E-state index contributed by atoms with van der Waals surface area (Å²) >= 11 is 0. The van der Waals surface area contributed by atoms with Gasteiger partial charge in [0.1, 0.15) is 42.9 Å². The minimum atomic E-state index is -4.25. The van der Waals surface area contributed by atoms with E-state index in [9.17, 15) is 17.8 Å². The largest absolute Gasteiger partial charge is 0.744 e. The van der Waals surface area contributed by atoms with E-state index in [1.54, 1.807) is 31.2 Å². The summed E-state index contributed by atoms with van der Waals surface area (Å²) < 4.78 is 38.4. The maximum absolute atomic E-state index is 11.8. The third-order valence-electron chi connectivity index (χ3n) is 8.94. The van der Waals surface area contributed by atoms with Crippen LogP contribution in [0.25, 0.3) is 6.08 Å². The SMILES string of the molecule is C=C(C)C(=O)OCCN1CC[N+](Cc2ccccc2)=C1CCCCCCCCCCCCCCCC(C)C.O=S(=O)([O-])C=Cc1ccccc1. The maximum atomic E-state index is 11.8. The molecule has 0 amide bonds. The number of benzene rings is 2. The van der Waals surface area contributed by atoms with Crippen molar-refractivity contribution in [2.45, 2.75) is 124 Å². The molecule has 278 valence electrons. The number of ether oxygens (including phenoxy) is 1. The summed E-state index contributed by atoms with van der Waals surface area (Å²) in [6.07, 6.45) is 21.8. The molecule has 1 aliphatic heterocycles. The molecule has 0 atom stereocenters. The van der Waals surface area contributed by atoms with E-state index in [0.717, 1.165) is 38.5 Å². The average Bonchev–Trinajstić information content (AvgIpc) is 3.46. The summed E-state index contributed by atoms with van der Waals surface area (Å²) in [6, 6.07) is 19.5. The molecule has 0 saturated carbocycles. The van der Waals surface area contributed by atoms with Crippen LogP contribution in [0.3, 0.4) is 0 Å². The van der Waals surface area contributed by atoms with E-state index in [4.69, 9.17) is 4.74 Å². The van der Waals surface area contributed by atoms with Crippen LogP contribution in [-0.4, -0.2) is 60.5 Å². The highest BCUT2D eigenvalue weighted by Gasteiger charge is 2.30. The van der Waals surface area contributed by atoms with Crippen LogP contribution in [0.4, 0.5) is 0 Å². The number of rotatable bonds is 24. The summed E-state index contributed by atoms with van der Waals surface area (Å²) in [4.78, 5) is 14.2. The van der Waals surface area contributed by atoms with Gasteiger partial charge in [0.05, 0.1) is 0 Å². The van der Waals surface area contributed by atoms with Crippen molar-refractivity contribution in [3.05, 3.63) is 89.4 Å². The number of carbonyl (C=O) groups is 1. The lowest BCUT2D eigenvalue weighted by Crippen LogP contribution is -2.33. The van der Waals surface area contributed by atoms with Crippen molar-refractivity contribution in [1.29, 1.82) is 0 Å². The predicted octanol–water partition coefficient (Wildman–Crippen LogP) is 9.74. The highest BCUT2D eigenvalue weighted by molar-refractivity contribution is 7.88. The fraction of sp³-hybridized carbons (Fsp3) is 0.571. The van der Waals surface area contributed by atoms with E-state index < -0.39 is 10.1 Å². The van der Waals surface area contributed by atoms with Crippen LogP contribution >= 0.6 is 0 Å². The lowest BCUT2D eigenvalue weighted by molar-refractivity contribution is -0.535. The van der Waals surface area contributed by atoms with E-state index in [1.165, 1.54) is 107 Å². The smallest absolute Gasteiger partial charge is 0.333 e. The number of hydrogen-bond donors (Lipinski definition) is 0. The molecule has 0 N–H and O–H groups in total. The highest BCUT2D eigenvalue weighted by atomic mass is 32.2. The Balaban J connectivity index is 0.000000606. The van der Waals surface area contributed by atoms with E-state index in [1.807, 2.05) is 6.07 Å². The van der Waals surface area contributed by atoms with E-state index >= 15 is 0 Å². The zero-order valence-electron chi connectivity index (χ0n) is 31.2. The molecule has 7 nitrogen and oxygen atoms in total. The molecule has 0 aromatic heterocycles. The first-order valence-corrected chi connectivity index (χ1v) is 20.4. The van der Waals surface area contributed by atoms with Crippen LogP contribution in [0.2, 0.25) is 0 Å². The second-order valence-corrected chi connectivity index (χ2v) is 15.2. The van der Waals surface area contributed by atoms with Gasteiger partial charge in [0.2, 0.25) is 5.84 Å². The van der Waals surface area contributed by atoms with Crippen LogP contribution < -0.4 is 0 Å². The Kier molecular flexibility index (Phi) is 22.1. The minimum absolute atomic E-state index is 0.288. The molecule has 2 aromatic rings. The van der Waals surface area contributed by atoms with E-state index in [0.29, 0.717) is 23.2 Å². The molecule has 0 fully saturated rings. The number of amidine groups is 1. The van der Waals surface area contributed by atoms with E-state index in [-0.39, 0.29) is 5.97 Å². The van der Waals surface area contributed by atoms with Crippen molar-refractivity contribution in [2.75, 3.05) is 26.2 Å². The van der Waals surface area contributed by atoms with Crippen molar-refractivity contribution in [3.8, 4) is 0 Å². The maximum Gasteiger partial charge on any atom is 0.333 e. The highest BCUT2D eigenvalue weighted by Crippen LogP contribution is 2.17. The molecule has 0 radical (unpaired) electrons. The van der Waals surface area contributed by atoms with Crippen LogP contribution in [0, 0.1) is 5.92 Å². The first kappa shape index (κ1) is 42.9. The Bertz CT molecular complexity index is 1390. The lowest BCUT2D eigenvalue weighted by Gasteiger charge is -2.14. The van der Waals surface area contributed by atoms with Crippen LogP contribution in [0.15, 0.2) is 78.2 Å². The van der Waals surface area contributed by atoms with Gasteiger partial charge >= 0.3 is 5.97 Å². The van der Waals surface area contributed by atoms with Gasteiger partial charge in [-0.15, -0.1) is 0 Å². The summed E-state index contributed by atoms with van der Waals surface area (Å²) in [5.74, 6) is 2.00. The molecule has 8 heteroatoms. The van der Waals surface area contributed by atoms with Gasteiger partial charge in [-0.3, -0.25) is 9.48 Å². The van der Waals surface area contributed by atoms with Gasteiger partial charge < -0.3 is 9.29 Å². The minimum Gasteiger partial charge on any atom is -0.744 e. The second-order valence-electron chi connectivity index (χ2n) is 14.0. The normalized spacial score (nSPS) is 13.2. The van der Waals surface area contributed by atoms with Gasteiger partial charge in [0.15, 0.2) is 0 Å². The number of hydrogen-bond acceptors (Lipinski definition) is 6. The Morgan fingerprint density at radius 3 is 1.90 bits per heavy atom. The van der Waals surface area contributed by atoms with Crippen molar-refractivity contribution in [3.63, 3.8) is 0 Å². The summed E-state index contributed by atoms with van der Waals surface area (Å²) in [6.45, 7) is 14.2. The standard InChI is InChI=1S/C34H57N2O2.C8H8O3S/c1-30(2)21-17-14-12-10-8-6-5-7-9-11-13-15-20-24-33-35(27-28-38-34(37)31(3)4)25-26-36(33)29-32-22-18-16-19-23-32;9-12(10,11)7-6-8-4-2-1-3-5-8/h16,18-19,22-23,30H,3,5-15,17,20-21,24-29H2,1-2,4H3;1-7H,(H,9,10,11)/q+1;/p-1. The van der Waals surface area contributed by atoms with Gasteiger partial charge in [-0.1, -0.05) is 165 Å². The number of unbranched alkanes of at least 4 members (excludes halogenated alkanes) is 12. The molecule has 3 rings (SSSR count). The Hall–Kier alpha value is -3.23. The molecule has 1 heterocycles. The molecule has 0 bridgehead atoms. The van der Waals surface area contributed by atoms with Crippen LogP contribution in [-0.2, 0) is 26.2 Å². The number of carbonyl (C=O) groups excluding carboxylic acids is 1. The Labute approximate surface area is 304 Å². The predicted molar refractivity (Wildman–Crippen MR) is 207 cm³/mol. The van der Waals surface area contributed by atoms with Gasteiger partial charge in [0, 0.05) is 17.4 Å². The molecule has 2 aromatic carbocycles. The van der Waals surface area contributed by atoms with Crippen molar-refractivity contribution in [1.82, 2.24) is 4.90 Å². The zero-order valence-corrected chi connectivity index (χ0v) is 32.0. The van der Waals surface area contributed by atoms with E-state index in [2.05, 4.69) is 60.2 Å².